The van der Waals surface area contributed by atoms with Crippen LogP contribution >= 0.6 is 0 Å². The first-order valence-corrected chi connectivity index (χ1v) is 5.88. The summed E-state index contributed by atoms with van der Waals surface area (Å²) < 4.78 is 13.1. The zero-order valence-electron chi connectivity index (χ0n) is 10.7. The Balaban J connectivity index is 2.64. The highest BCUT2D eigenvalue weighted by Crippen LogP contribution is 2.18. The molecule has 0 saturated heterocycles. The van der Waals surface area contributed by atoms with Crippen LogP contribution in [-0.2, 0) is 6.54 Å². The largest absolute Gasteiger partial charge is 0.312 e. The third-order valence-electron chi connectivity index (χ3n) is 3.06. The van der Waals surface area contributed by atoms with Gasteiger partial charge in [0.25, 0.3) is 0 Å². The Morgan fingerprint density at radius 3 is 2.71 bits per heavy atom. The molecule has 0 radical (unpaired) electrons. The van der Waals surface area contributed by atoms with E-state index in [1.165, 1.54) is 18.2 Å². The molecule has 0 saturated carbocycles. The molecule has 0 aliphatic carbocycles. The van der Waals surface area contributed by atoms with Gasteiger partial charge in [0.15, 0.2) is 0 Å². The van der Waals surface area contributed by atoms with Crippen molar-refractivity contribution in [1.82, 2.24) is 5.32 Å². The summed E-state index contributed by atoms with van der Waals surface area (Å²) in [5.41, 5.74) is 1.48. The molecule has 0 unspecified atom stereocenters. The number of rotatable bonds is 5. The van der Waals surface area contributed by atoms with Crippen LogP contribution in [0.15, 0.2) is 18.2 Å². The van der Waals surface area contributed by atoms with Gasteiger partial charge in [-0.25, -0.2) is 4.39 Å². The second kappa shape index (κ2) is 5.79. The fourth-order valence-corrected chi connectivity index (χ4v) is 1.48. The Bertz CT molecular complexity index is 419. The minimum atomic E-state index is -0.296. The molecule has 1 aromatic rings. The fourth-order valence-electron chi connectivity index (χ4n) is 1.48. The number of nitriles is 1. The fraction of sp³-hybridized carbons (Fsp3) is 0.500. The van der Waals surface area contributed by atoms with Gasteiger partial charge in [0.05, 0.1) is 11.6 Å². The Morgan fingerprint density at radius 1 is 1.41 bits per heavy atom. The number of nitrogens with one attached hydrogen (secondary N) is 1. The average molecular weight is 234 g/mol. The van der Waals surface area contributed by atoms with E-state index in [-0.39, 0.29) is 11.2 Å². The summed E-state index contributed by atoms with van der Waals surface area (Å²) in [6.07, 6.45) is 1.08. The van der Waals surface area contributed by atoms with Crippen LogP contribution in [-0.4, -0.2) is 6.54 Å². The number of hydrogen-bond donors (Lipinski definition) is 1. The summed E-state index contributed by atoms with van der Waals surface area (Å²) in [6, 6.07) is 6.34. The Kier molecular flexibility index (Phi) is 4.65. The van der Waals surface area contributed by atoms with Crippen molar-refractivity contribution in [3.05, 3.63) is 35.1 Å². The van der Waals surface area contributed by atoms with E-state index in [0.29, 0.717) is 12.1 Å². The van der Waals surface area contributed by atoms with Crippen LogP contribution in [0, 0.1) is 22.6 Å². The van der Waals surface area contributed by atoms with E-state index in [1.54, 1.807) is 0 Å². The molecule has 92 valence electrons. The second-order valence-electron chi connectivity index (χ2n) is 5.03. The van der Waals surface area contributed by atoms with E-state index in [4.69, 9.17) is 5.26 Å². The van der Waals surface area contributed by atoms with Gasteiger partial charge < -0.3 is 5.32 Å². The maximum atomic E-state index is 13.1. The van der Waals surface area contributed by atoms with Gasteiger partial charge in [-0.05, 0) is 35.6 Å². The lowest BCUT2D eigenvalue weighted by Crippen LogP contribution is -2.28. The van der Waals surface area contributed by atoms with Crippen molar-refractivity contribution >= 4 is 0 Å². The molecule has 0 fully saturated rings. The van der Waals surface area contributed by atoms with Gasteiger partial charge >= 0.3 is 0 Å². The van der Waals surface area contributed by atoms with E-state index >= 15 is 0 Å². The Labute approximate surface area is 102 Å². The molecular formula is C14H19FN2. The lowest BCUT2D eigenvalue weighted by molar-refractivity contribution is 0.327. The van der Waals surface area contributed by atoms with Crippen LogP contribution in [0.5, 0.6) is 0 Å². The van der Waals surface area contributed by atoms with Gasteiger partial charge in [0.1, 0.15) is 5.82 Å². The summed E-state index contributed by atoms with van der Waals surface area (Å²) in [5, 5.41) is 12.2. The highest BCUT2D eigenvalue weighted by Gasteiger charge is 2.14. The third-order valence-corrected chi connectivity index (χ3v) is 3.06. The van der Waals surface area contributed by atoms with Crippen molar-refractivity contribution in [2.75, 3.05) is 6.54 Å². The van der Waals surface area contributed by atoms with Gasteiger partial charge in [-0.2, -0.15) is 5.26 Å². The maximum Gasteiger partial charge on any atom is 0.123 e. The van der Waals surface area contributed by atoms with Crippen molar-refractivity contribution in [2.24, 2.45) is 5.41 Å². The average Bonchev–Trinajstić information content (AvgIpc) is 2.29. The topological polar surface area (TPSA) is 35.8 Å². The zero-order valence-corrected chi connectivity index (χ0v) is 10.7. The van der Waals surface area contributed by atoms with E-state index in [9.17, 15) is 4.39 Å². The van der Waals surface area contributed by atoms with Crippen LogP contribution in [0.3, 0.4) is 0 Å². The number of nitrogens with zero attached hydrogens (tertiary/aromatic N) is 1. The summed E-state index contributed by atoms with van der Waals surface area (Å²) in [6.45, 7) is 7.88. The number of halogens is 1. The van der Waals surface area contributed by atoms with Gasteiger partial charge in [0.2, 0.25) is 0 Å². The van der Waals surface area contributed by atoms with Crippen molar-refractivity contribution < 1.29 is 4.39 Å². The normalized spacial score (nSPS) is 11.2. The molecule has 0 spiro atoms. The summed E-state index contributed by atoms with van der Waals surface area (Å²) in [5.74, 6) is -0.296. The lowest BCUT2D eigenvalue weighted by atomic mass is 9.90. The van der Waals surface area contributed by atoms with Crippen molar-refractivity contribution in [1.29, 1.82) is 5.26 Å². The molecule has 1 aromatic carbocycles. The Morgan fingerprint density at radius 2 is 2.12 bits per heavy atom. The van der Waals surface area contributed by atoms with Gasteiger partial charge in [-0.15, -0.1) is 0 Å². The third kappa shape index (κ3) is 4.16. The molecule has 0 heterocycles. The zero-order chi connectivity index (χ0) is 12.9. The minimum absolute atomic E-state index is 0.222. The quantitative estimate of drug-likeness (QED) is 0.849. The van der Waals surface area contributed by atoms with Gasteiger partial charge in [-0.3, -0.25) is 0 Å². The van der Waals surface area contributed by atoms with Crippen LogP contribution < -0.4 is 5.32 Å². The predicted molar refractivity (Wildman–Crippen MR) is 66.9 cm³/mol. The molecule has 0 bridgehead atoms. The molecule has 0 aliphatic rings. The minimum Gasteiger partial charge on any atom is -0.312 e. The van der Waals surface area contributed by atoms with Crippen LogP contribution in [0.4, 0.5) is 4.39 Å². The van der Waals surface area contributed by atoms with E-state index in [1.807, 2.05) is 0 Å². The molecule has 1 N–H and O–H groups in total. The first kappa shape index (κ1) is 13.7. The second-order valence-corrected chi connectivity index (χ2v) is 5.03. The summed E-state index contributed by atoms with van der Waals surface area (Å²) in [7, 11) is 0. The maximum absolute atomic E-state index is 13.1. The van der Waals surface area contributed by atoms with E-state index < -0.39 is 0 Å². The first-order valence-electron chi connectivity index (χ1n) is 5.88. The summed E-state index contributed by atoms with van der Waals surface area (Å²) >= 11 is 0. The molecule has 3 heteroatoms. The van der Waals surface area contributed by atoms with Crippen LogP contribution in [0.25, 0.3) is 0 Å². The van der Waals surface area contributed by atoms with Crippen LogP contribution in [0.1, 0.15) is 38.3 Å². The molecule has 0 aliphatic heterocycles. The van der Waals surface area contributed by atoms with Crippen molar-refractivity contribution in [2.45, 2.75) is 33.7 Å². The summed E-state index contributed by atoms with van der Waals surface area (Å²) in [4.78, 5) is 0. The Hall–Kier alpha value is -1.40. The monoisotopic (exact) mass is 234 g/mol. The smallest absolute Gasteiger partial charge is 0.123 e. The molecule has 1 rings (SSSR count). The lowest BCUT2D eigenvalue weighted by Gasteiger charge is -2.23. The first-order chi connectivity index (χ1) is 7.98. The highest BCUT2D eigenvalue weighted by atomic mass is 19.1. The molecule has 2 nitrogen and oxygen atoms in total. The number of hydrogen-bond acceptors (Lipinski definition) is 2. The standard InChI is InChI=1S/C14H19FN2/c1-4-14(2,3)10-17-9-12-7-13(15)6-5-11(12)8-16/h5-7,17H,4,9-10H2,1-3H3. The SMILES string of the molecule is CCC(C)(C)CNCc1cc(F)ccc1C#N. The highest BCUT2D eigenvalue weighted by molar-refractivity contribution is 5.37. The van der Waals surface area contributed by atoms with Gasteiger partial charge in [-0.1, -0.05) is 20.8 Å². The van der Waals surface area contributed by atoms with Crippen molar-refractivity contribution in [3.8, 4) is 6.07 Å². The molecule has 0 atom stereocenters. The molecule has 17 heavy (non-hydrogen) atoms. The van der Waals surface area contributed by atoms with E-state index in [0.717, 1.165) is 18.5 Å². The molecule has 0 amide bonds. The van der Waals surface area contributed by atoms with Crippen LogP contribution in [0.2, 0.25) is 0 Å². The number of benzene rings is 1. The van der Waals surface area contributed by atoms with Gasteiger partial charge in [0, 0.05) is 13.1 Å². The van der Waals surface area contributed by atoms with Crippen molar-refractivity contribution in [3.63, 3.8) is 0 Å². The van der Waals surface area contributed by atoms with E-state index in [2.05, 4.69) is 32.2 Å². The molecule has 0 aromatic heterocycles. The predicted octanol–water partition coefficient (Wildman–Crippen LogP) is 3.22. The molecular weight excluding hydrogens is 215 g/mol.